The standard InChI is InChI=1S/C15H18N2OS/c1-10-7-13(18-3)8-12(17-10)9-19-15-6-4-5-14(16)11(15)2/h4-8H,9,16H2,1-3H3. The van der Waals surface area contributed by atoms with Gasteiger partial charge in [0.2, 0.25) is 0 Å². The molecule has 2 N–H and O–H groups in total. The fourth-order valence-electron chi connectivity index (χ4n) is 1.83. The van der Waals surface area contributed by atoms with Crippen molar-refractivity contribution >= 4 is 17.4 Å². The fourth-order valence-corrected chi connectivity index (χ4v) is 2.79. The first kappa shape index (κ1) is 13.7. The van der Waals surface area contributed by atoms with Crippen LogP contribution in [0, 0.1) is 13.8 Å². The first-order valence-corrected chi connectivity index (χ1v) is 7.08. The minimum Gasteiger partial charge on any atom is -0.497 e. The van der Waals surface area contributed by atoms with Crippen LogP contribution in [0.5, 0.6) is 5.75 Å². The number of nitrogen functional groups attached to an aromatic ring is 1. The number of hydrogen-bond donors (Lipinski definition) is 1. The largest absolute Gasteiger partial charge is 0.497 e. The van der Waals surface area contributed by atoms with Crippen LogP contribution >= 0.6 is 11.8 Å². The van der Waals surface area contributed by atoms with Crippen molar-refractivity contribution in [2.24, 2.45) is 0 Å². The van der Waals surface area contributed by atoms with Crippen LogP contribution in [0.15, 0.2) is 35.2 Å². The van der Waals surface area contributed by atoms with E-state index in [0.29, 0.717) is 0 Å². The molecule has 0 bridgehead atoms. The van der Waals surface area contributed by atoms with Crippen molar-refractivity contribution in [3.05, 3.63) is 47.3 Å². The number of aromatic nitrogens is 1. The first-order valence-electron chi connectivity index (χ1n) is 6.09. The van der Waals surface area contributed by atoms with Gasteiger partial charge in [-0.15, -0.1) is 11.8 Å². The highest BCUT2D eigenvalue weighted by molar-refractivity contribution is 7.98. The lowest BCUT2D eigenvalue weighted by atomic mass is 10.2. The number of thioether (sulfide) groups is 1. The van der Waals surface area contributed by atoms with Crippen LogP contribution in [0.25, 0.3) is 0 Å². The number of anilines is 1. The van der Waals surface area contributed by atoms with Gasteiger partial charge in [0.05, 0.1) is 12.8 Å². The molecule has 0 aliphatic rings. The predicted octanol–water partition coefficient (Wildman–Crippen LogP) is 3.58. The molecule has 0 fully saturated rings. The number of pyridine rings is 1. The topological polar surface area (TPSA) is 48.1 Å². The quantitative estimate of drug-likeness (QED) is 0.684. The molecule has 1 aromatic heterocycles. The van der Waals surface area contributed by atoms with Crippen LogP contribution in [-0.2, 0) is 5.75 Å². The van der Waals surface area contributed by atoms with E-state index in [1.54, 1.807) is 18.9 Å². The second kappa shape index (κ2) is 5.97. The summed E-state index contributed by atoms with van der Waals surface area (Å²) in [7, 11) is 1.67. The second-order valence-electron chi connectivity index (χ2n) is 4.40. The molecule has 19 heavy (non-hydrogen) atoms. The molecule has 0 spiro atoms. The molecule has 100 valence electrons. The number of ether oxygens (including phenoxy) is 1. The molecule has 0 saturated carbocycles. The molecule has 0 aliphatic carbocycles. The summed E-state index contributed by atoms with van der Waals surface area (Å²) < 4.78 is 5.26. The number of benzene rings is 1. The zero-order chi connectivity index (χ0) is 13.8. The van der Waals surface area contributed by atoms with Gasteiger partial charge in [0, 0.05) is 34.2 Å². The minimum atomic E-state index is 0.808. The van der Waals surface area contributed by atoms with Gasteiger partial charge in [-0.25, -0.2) is 0 Å². The Morgan fingerprint density at radius 3 is 2.79 bits per heavy atom. The molecule has 1 aromatic carbocycles. The van der Waals surface area contributed by atoms with Gasteiger partial charge in [-0.1, -0.05) is 6.07 Å². The van der Waals surface area contributed by atoms with E-state index in [4.69, 9.17) is 10.5 Å². The Balaban J connectivity index is 2.14. The van der Waals surface area contributed by atoms with E-state index in [1.807, 2.05) is 38.1 Å². The molecule has 0 aliphatic heterocycles. The Bertz CT molecular complexity index is 584. The summed E-state index contributed by atoms with van der Waals surface area (Å²) >= 11 is 1.74. The molecule has 2 aromatic rings. The van der Waals surface area contributed by atoms with E-state index in [0.717, 1.165) is 34.1 Å². The van der Waals surface area contributed by atoms with Crippen LogP contribution in [0.4, 0.5) is 5.69 Å². The Hall–Kier alpha value is -1.68. The van der Waals surface area contributed by atoms with Gasteiger partial charge in [-0.3, -0.25) is 4.98 Å². The van der Waals surface area contributed by atoms with Gasteiger partial charge >= 0.3 is 0 Å². The van der Waals surface area contributed by atoms with E-state index >= 15 is 0 Å². The van der Waals surface area contributed by atoms with Gasteiger partial charge in [0.25, 0.3) is 0 Å². The predicted molar refractivity (Wildman–Crippen MR) is 80.7 cm³/mol. The van der Waals surface area contributed by atoms with Crippen LogP contribution in [0.1, 0.15) is 17.0 Å². The Labute approximate surface area is 118 Å². The molecule has 0 amide bonds. The second-order valence-corrected chi connectivity index (χ2v) is 5.42. The summed E-state index contributed by atoms with van der Waals surface area (Å²) in [6.45, 7) is 4.02. The number of methoxy groups -OCH3 is 1. The third kappa shape index (κ3) is 3.41. The third-order valence-electron chi connectivity index (χ3n) is 2.92. The lowest BCUT2D eigenvalue weighted by Crippen LogP contribution is -1.94. The number of aryl methyl sites for hydroxylation is 1. The fraction of sp³-hybridized carbons (Fsp3) is 0.267. The zero-order valence-electron chi connectivity index (χ0n) is 11.4. The number of hydrogen-bond acceptors (Lipinski definition) is 4. The Kier molecular flexibility index (Phi) is 4.32. The maximum atomic E-state index is 5.91. The summed E-state index contributed by atoms with van der Waals surface area (Å²) in [5.41, 5.74) is 9.86. The smallest absolute Gasteiger partial charge is 0.122 e. The molecule has 4 heteroatoms. The summed E-state index contributed by atoms with van der Waals surface area (Å²) in [6.07, 6.45) is 0. The number of nitrogens with zero attached hydrogens (tertiary/aromatic N) is 1. The van der Waals surface area contributed by atoms with Crippen molar-refractivity contribution < 1.29 is 4.74 Å². The Morgan fingerprint density at radius 2 is 2.05 bits per heavy atom. The van der Waals surface area contributed by atoms with Crippen molar-refractivity contribution in [1.29, 1.82) is 0 Å². The van der Waals surface area contributed by atoms with Crippen molar-refractivity contribution in [3.63, 3.8) is 0 Å². The molecule has 2 rings (SSSR count). The van der Waals surface area contributed by atoms with Crippen molar-refractivity contribution in [3.8, 4) is 5.75 Å². The van der Waals surface area contributed by atoms with E-state index < -0.39 is 0 Å². The normalized spacial score (nSPS) is 10.5. The average Bonchev–Trinajstić information content (AvgIpc) is 2.40. The highest BCUT2D eigenvalue weighted by atomic mass is 32.2. The van der Waals surface area contributed by atoms with Crippen LogP contribution in [0.2, 0.25) is 0 Å². The van der Waals surface area contributed by atoms with Gasteiger partial charge in [-0.05, 0) is 31.5 Å². The molecule has 1 heterocycles. The van der Waals surface area contributed by atoms with Gasteiger partial charge in [0.15, 0.2) is 0 Å². The maximum absolute atomic E-state index is 5.91. The Morgan fingerprint density at radius 1 is 1.26 bits per heavy atom. The number of nitrogens with two attached hydrogens (primary N) is 1. The monoisotopic (exact) mass is 274 g/mol. The van der Waals surface area contributed by atoms with Crippen molar-refractivity contribution in [2.75, 3.05) is 12.8 Å². The first-order chi connectivity index (χ1) is 9.10. The van der Waals surface area contributed by atoms with E-state index in [1.165, 1.54) is 4.90 Å². The van der Waals surface area contributed by atoms with Crippen LogP contribution < -0.4 is 10.5 Å². The molecular formula is C15H18N2OS. The number of rotatable bonds is 4. The van der Waals surface area contributed by atoms with Gasteiger partial charge in [0.1, 0.15) is 5.75 Å². The average molecular weight is 274 g/mol. The molecular weight excluding hydrogens is 256 g/mol. The molecule has 0 saturated heterocycles. The summed E-state index contributed by atoms with van der Waals surface area (Å²) in [4.78, 5) is 5.71. The molecule has 0 unspecified atom stereocenters. The maximum Gasteiger partial charge on any atom is 0.122 e. The van der Waals surface area contributed by atoms with Gasteiger partial charge in [-0.2, -0.15) is 0 Å². The highest BCUT2D eigenvalue weighted by Crippen LogP contribution is 2.29. The van der Waals surface area contributed by atoms with Crippen LogP contribution in [0.3, 0.4) is 0 Å². The lowest BCUT2D eigenvalue weighted by molar-refractivity contribution is 0.413. The highest BCUT2D eigenvalue weighted by Gasteiger charge is 2.05. The SMILES string of the molecule is COc1cc(C)nc(CSc2cccc(N)c2C)c1. The van der Waals surface area contributed by atoms with Crippen molar-refractivity contribution in [1.82, 2.24) is 4.98 Å². The molecule has 0 radical (unpaired) electrons. The minimum absolute atomic E-state index is 0.808. The van der Waals surface area contributed by atoms with E-state index in [2.05, 4.69) is 11.1 Å². The van der Waals surface area contributed by atoms with Crippen LogP contribution in [-0.4, -0.2) is 12.1 Å². The van der Waals surface area contributed by atoms with Gasteiger partial charge < -0.3 is 10.5 Å². The van der Waals surface area contributed by atoms with Crippen molar-refractivity contribution in [2.45, 2.75) is 24.5 Å². The zero-order valence-corrected chi connectivity index (χ0v) is 12.3. The van der Waals surface area contributed by atoms with E-state index in [9.17, 15) is 0 Å². The molecule has 3 nitrogen and oxygen atoms in total. The third-order valence-corrected chi connectivity index (χ3v) is 4.11. The van der Waals surface area contributed by atoms with E-state index in [-0.39, 0.29) is 0 Å². The lowest BCUT2D eigenvalue weighted by Gasteiger charge is -2.09. The summed E-state index contributed by atoms with van der Waals surface area (Å²) in [6, 6.07) is 9.90. The molecule has 0 atom stereocenters. The summed E-state index contributed by atoms with van der Waals surface area (Å²) in [5.74, 6) is 1.66. The summed E-state index contributed by atoms with van der Waals surface area (Å²) in [5, 5.41) is 0.